The summed E-state index contributed by atoms with van der Waals surface area (Å²) in [6.45, 7) is 10.7. The second kappa shape index (κ2) is 5.67. The van der Waals surface area contributed by atoms with Crippen LogP contribution in [0.2, 0.25) is 0 Å². The van der Waals surface area contributed by atoms with Gasteiger partial charge in [0.2, 0.25) is 5.91 Å². The Morgan fingerprint density at radius 3 is 2.50 bits per heavy atom. The van der Waals surface area contributed by atoms with Crippen LogP contribution in [0.4, 0.5) is 0 Å². The molecule has 1 N–H and O–H groups in total. The molecule has 0 aliphatic carbocycles. The van der Waals surface area contributed by atoms with Crippen LogP contribution in [0.3, 0.4) is 0 Å². The maximum absolute atomic E-state index is 12.1. The zero-order valence-corrected chi connectivity index (χ0v) is 11.3. The summed E-state index contributed by atoms with van der Waals surface area (Å²) >= 11 is 0. The van der Waals surface area contributed by atoms with E-state index in [1.54, 1.807) is 0 Å². The molecule has 16 heavy (non-hydrogen) atoms. The third-order valence-electron chi connectivity index (χ3n) is 3.87. The van der Waals surface area contributed by atoms with Gasteiger partial charge >= 0.3 is 0 Å². The lowest BCUT2D eigenvalue weighted by Crippen LogP contribution is -2.45. The molecular formula is C13H26N2O. The van der Waals surface area contributed by atoms with Gasteiger partial charge in [0.15, 0.2) is 0 Å². The van der Waals surface area contributed by atoms with Crippen LogP contribution in [0.15, 0.2) is 0 Å². The number of nitrogens with zero attached hydrogens (tertiary/aromatic N) is 1. The normalized spacial score (nSPS) is 29.6. The Balaban J connectivity index is 2.76. The van der Waals surface area contributed by atoms with E-state index in [1.165, 1.54) is 0 Å². The first-order valence-corrected chi connectivity index (χ1v) is 6.61. The Bertz CT molecular complexity index is 240. The second-order valence-corrected chi connectivity index (χ2v) is 5.06. The second-order valence-electron chi connectivity index (χ2n) is 5.06. The molecule has 4 atom stereocenters. The summed E-state index contributed by atoms with van der Waals surface area (Å²) in [4.78, 5) is 14.2. The lowest BCUT2D eigenvalue weighted by atomic mass is 9.98. The summed E-state index contributed by atoms with van der Waals surface area (Å²) < 4.78 is 0. The molecule has 1 fully saturated rings. The SMILES string of the molecule is CCCC1NC(C)C(=O)N1C(C)C(C)CC. The lowest BCUT2D eigenvalue weighted by Gasteiger charge is -2.33. The molecule has 3 nitrogen and oxygen atoms in total. The first-order valence-electron chi connectivity index (χ1n) is 6.61. The highest BCUT2D eigenvalue weighted by molar-refractivity contribution is 5.84. The standard InChI is InChI=1S/C13H26N2O/c1-6-8-12-14-10(4)13(16)15(12)11(5)9(3)7-2/h9-12,14H,6-8H2,1-5H3. The Hall–Kier alpha value is -0.570. The molecule has 0 bridgehead atoms. The predicted octanol–water partition coefficient (Wildman–Crippen LogP) is 2.37. The van der Waals surface area contributed by atoms with Crippen LogP contribution < -0.4 is 5.32 Å². The van der Waals surface area contributed by atoms with Crippen LogP contribution in [0.25, 0.3) is 0 Å². The van der Waals surface area contributed by atoms with Crippen molar-refractivity contribution in [2.24, 2.45) is 5.92 Å². The van der Waals surface area contributed by atoms with E-state index in [9.17, 15) is 4.79 Å². The molecule has 94 valence electrons. The van der Waals surface area contributed by atoms with Crippen molar-refractivity contribution >= 4 is 5.91 Å². The molecule has 0 aromatic carbocycles. The van der Waals surface area contributed by atoms with Crippen LogP contribution in [-0.2, 0) is 4.79 Å². The smallest absolute Gasteiger partial charge is 0.240 e. The first-order chi connectivity index (χ1) is 7.52. The van der Waals surface area contributed by atoms with Gasteiger partial charge in [-0.3, -0.25) is 10.1 Å². The molecule has 1 aliphatic heterocycles. The van der Waals surface area contributed by atoms with Gasteiger partial charge in [0.25, 0.3) is 0 Å². The number of rotatable bonds is 5. The van der Waals surface area contributed by atoms with Gasteiger partial charge in [-0.15, -0.1) is 0 Å². The quantitative estimate of drug-likeness (QED) is 0.780. The van der Waals surface area contributed by atoms with E-state index < -0.39 is 0 Å². The van der Waals surface area contributed by atoms with E-state index >= 15 is 0 Å². The molecular weight excluding hydrogens is 200 g/mol. The third kappa shape index (κ3) is 2.57. The maximum atomic E-state index is 12.1. The number of amides is 1. The van der Waals surface area contributed by atoms with Crippen molar-refractivity contribution in [3.8, 4) is 0 Å². The van der Waals surface area contributed by atoms with Crippen LogP contribution in [0, 0.1) is 5.92 Å². The molecule has 0 saturated carbocycles. The molecule has 0 aromatic heterocycles. The number of hydrogen-bond donors (Lipinski definition) is 1. The Labute approximate surface area is 99.6 Å². The molecule has 0 spiro atoms. The fourth-order valence-electron chi connectivity index (χ4n) is 2.41. The molecule has 3 heteroatoms. The molecule has 1 aliphatic rings. The Morgan fingerprint density at radius 2 is 2.00 bits per heavy atom. The molecule has 1 amide bonds. The van der Waals surface area contributed by atoms with E-state index in [4.69, 9.17) is 0 Å². The van der Waals surface area contributed by atoms with Gasteiger partial charge in [0.1, 0.15) is 0 Å². The molecule has 4 unspecified atom stereocenters. The van der Waals surface area contributed by atoms with Crippen LogP contribution in [0.1, 0.15) is 53.9 Å². The highest BCUT2D eigenvalue weighted by Crippen LogP contribution is 2.23. The Morgan fingerprint density at radius 1 is 1.38 bits per heavy atom. The van der Waals surface area contributed by atoms with E-state index in [0.29, 0.717) is 12.0 Å². The van der Waals surface area contributed by atoms with E-state index in [-0.39, 0.29) is 18.1 Å². The van der Waals surface area contributed by atoms with Gasteiger partial charge in [-0.25, -0.2) is 0 Å². The summed E-state index contributed by atoms with van der Waals surface area (Å²) in [6, 6.07) is 0.328. The van der Waals surface area contributed by atoms with Gasteiger partial charge in [0.05, 0.1) is 12.2 Å². The van der Waals surface area contributed by atoms with Crippen molar-refractivity contribution in [2.45, 2.75) is 72.1 Å². The van der Waals surface area contributed by atoms with E-state index in [0.717, 1.165) is 19.3 Å². The van der Waals surface area contributed by atoms with E-state index in [2.05, 4.69) is 37.9 Å². The van der Waals surface area contributed by atoms with E-state index in [1.807, 2.05) is 6.92 Å². The minimum Gasteiger partial charge on any atom is -0.323 e. The monoisotopic (exact) mass is 226 g/mol. The summed E-state index contributed by atoms with van der Waals surface area (Å²) in [5.41, 5.74) is 0. The molecule has 1 saturated heterocycles. The fourth-order valence-corrected chi connectivity index (χ4v) is 2.41. The van der Waals surface area contributed by atoms with Crippen molar-refractivity contribution in [1.82, 2.24) is 10.2 Å². The zero-order chi connectivity index (χ0) is 12.3. The average molecular weight is 226 g/mol. The molecule has 0 aromatic rings. The third-order valence-corrected chi connectivity index (χ3v) is 3.87. The van der Waals surface area contributed by atoms with Crippen molar-refractivity contribution in [2.75, 3.05) is 0 Å². The van der Waals surface area contributed by atoms with Crippen LogP contribution in [-0.4, -0.2) is 29.1 Å². The minimum absolute atomic E-state index is 0.0111. The first kappa shape index (κ1) is 13.5. The van der Waals surface area contributed by atoms with Crippen molar-refractivity contribution in [3.05, 3.63) is 0 Å². The maximum Gasteiger partial charge on any atom is 0.240 e. The molecule has 1 heterocycles. The highest BCUT2D eigenvalue weighted by atomic mass is 16.2. The van der Waals surface area contributed by atoms with Crippen LogP contribution in [0.5, 0.6) is 0 Å². The average Bonchev–Trinajstić information content (AvgIpc) is 2.53. The topological polar surface area (TPSA) is 32.3 Å². The van der Waals surface area contributed by atoms with Gasteiger partial charge < -0.3 is 4.90 Å². The predicted molar refractivity (Wildman–Crippen MR) is 67.1 cm³/mol. The van der Waals surface area contributed by atoms with Crippen molar-refractivity contribution in [3.63, 3.8) is 0 Å². The van der Waals surface area contributed by atoms with Crippen molar-refractivity contribution in [1.29, 1.82) is 0 Å². The summed E-state index contributed by atoms with van der Waals surface area (Å²) in [5, 5.41) is 3.39. The summed E-state index contributed by atoms with van der Waals surface area (Å²) in [5.74, 6) is 0.835. The van der Waals surface area contributed by atoms with Gasteiger partial charge in [-0.1, -0.05) is 33.6 Å². The van der Waals surface area contributed by atoms with Crippen molar-refractivity contribution < 1.29 is 4.79 Å². The number of nitrogens with one attached hydrogen (secondary N) is 1. The largest absolute Gasteiger partial charge is 0.323 e. The van der Waals surface area contributed by atoms with Gasteiger partial charge in [0, 0.05) is 6.04 Å². The summed E-state index contributed by atoms with van der Waals surface area (Å²) in [6.07, 6.45) is 3.53. The molecule has 1 rings (SSSR count). The van der Waals surface area contributed by atoms with Gasteiger partial charge in [-0.05, 0) is 26.2 Å². The minimum atomic E-state index is -0.0111. The fraction of sp³-hybridized carbons (Fsp3) is 0.923. The lowest BCUT2D eigenvalue weighted by molar-refractivity contribution is -0.132. The number of hydrogen-bond acceptors (Lipinski definition) is 2. The van der Waals surface area contributed by atoms with Gasteiger partial charge in [-0.2, -0.15) is 0 Å². The highest BCUT2D eigenvalue weighted by Gasteiger charge is 2.39. The number of carbonyl (C=O) groups is 1. The summed E-state index contributed by atoms with van der Waals surface area (Å²) in [7, 11) is 0. The van der Waals surface area contributed by atoms with Crippen LogP contribution >= 0.6 is 0 Å². The molecule has 0 radical (unpaired) electrons. The zero-order valence-electron chi connectivity index (χ0n) is 11.3. The number of carbonyl (C=O) groups excluding carboxylic acids is 1. The Kier molecular flexibility index (Phi) is 4.78.